The van der Waals surface area contributed by atoms with Gasteiger partial charge in [-0.3, -0.25) is 0 Å². The Balaban J connectivity index is -0.000000499. The number of hydrogen-bond acceptors (Lipinski definition) is 2. The molecule has 2 rings (SSSR count). The summed E-state index contributed by atoms with van der Waals surface area (Å²) in [6, 6.07) is 2.45. The van der Waals surface area contributed by atoms with Crippen molar-refractivity contribution in [1.82, 2.24) is 10.6 Å². The minimum atomic E-state index is 0. The molecule has 2 nitrogen and oxygen atoms in total. The summed E-state index contributed by atoms with van der Waals surface area (Å²) in [5.74, 6) is 0. The summed E-state index contributed by atoms with van der Waals surface area (Å²) < 4.78 is 0. The fraction of sp³-hybridized carbons (Fsp3) is 1.00. The number of hydrogen-bond donors (Lipinski definition) is 2. The van der Waals surface area contributed by atoms with Crippen LogP contribution >= 0.6 is 0 Å². The second kappa shape index (κ2) is 20.5. The van der Waals surface area contributed by atoms with E-state index in [0.717, 1.165) is 18.1 Å². The molecule has 2 aliphatic carbocycles. The van der Waals surface area contributed by atoms with Gasteiger partial charge < -0.3 is 10.6 Å². The third kappa shape index (κ3) is 13.4. The van der Waals surface area contributed by atoms with E-state index in [1.54, 1.807) is 0 Å². The maximum Gasteiger partial charge on any atom is 0.00708 e. The van der Waals surface area contributed by atoms with E-state index in [1.165, 1.54) is 57.8 Å². The summed E-state index contributed by atoms with van der Waals surface area (Å²) in [7, 11) is 2.10. The molecule has 21 heavy (non-hydrogen) atoms. The van der Waals surface area contributed by atoms with Gasteiger partial charge in [0.15, 0.2) is 0 Å². The molecule has 0 spiro atoms. The molecule has 0 bridgehead atoms. The first-order chi connectivity index (χ1) is 9.38. The van der Waals surface area contributed by atoms with Gasteiger partial charge in [0.25, 0.3) is 0 Å². The maximum absolute atomic E-state index is 3.87. The zero-order chi connectivity index (χ0) is 14.5. The van der Waals surface area contributed by atoms with E-state index in [1.807, 2.05) is 27.7 Å². The molecule has 0 aromatic rings. The van der Waals surface area contributed by atoms with Crippen molar-refractivity contribution in [2.45, 2.75) is 104 Å². The quantitative estimate of drug-likeness (QED) is 0.784. The normalized spacial score (nSPS) is 25.0. The van der Waals surface area contributed by atoms with Crippen molar-refractivity contribution >= 4 is 0 Å². The standard InChI is InChI=1S/C13H26N2.2C2H6.2Ar/c1-14-11-7-9-13(10-8-11)15-12-5-3-2-4-6-12;2*1-2;;/h11-15H,2-10H2,1H3;2*1-2H3;;. The predicted molar refractivity (Wildman–Crippen MR) is 87.8 cm³/mol. The van der Waals surface area contributed by atoms with E-state index in [4.69, 9.17) is 0 Å². The number of nitrogens with one attached hydrogen (secondary N) is 2. The summed E-state index contributed by atoms with van der Waals surface area (Å²) in [6.07, 6.45) is 12.7. The Morgan fingerprint density at radius 2 is 0.952 bits per heavy atom. The Kier molecular flexibility index (Phi) is 27.6. The Hall–Kier alpha value is 2.44. The summed E-state index contributed by atoms with van der Waals surface area (Å²) in [4.78, 5) is 0. The first-order valence-electron chi connectivity index (χ1n) is 8.82. The van der Waals surface area contributed by atoms with Gasteiger partial charge in [-0.05, 0) is 45.6 Å². The van der Waals surface area contributed by atoms with Crippen LogP contribution in [0.2, 0.25) is 0 Å². The van der Waals surface area contributed by atoms with Crippen LogP contribution in [0.1, 0.15) is 85.5 Å². The molecule has 0 unspecified atom stereocenters. The Morgan fingerprint density at radius 1 is 0.571 bits per heavy atom. The minimum absolute atomic E-state index is 0. The predicted octanol–water partition coefficient (Wildman–Crippen LogP) is 4.49. The molecule has 4 heteroatoms. The minimum Gasteiger partial charge on any atom is -0.317 e. The van der Waals surface area contributed by atoms with Crippen molar-refractivity contribution in [3.05, 3.63) is 0 Å². The van der Waals surface area contributed by atoms with Crippen LogP contribution in [0.5, 0.6) is 0 Å². The summed E-state index contributed by atoms with van der Waals surface area (Å²) >= 11 is 0. The second-order valence-corrected chi connectivity index (χ2v) is 5.34. The van der Waals surface area contributed by atoms with E-state index in [0.29, 0.717) is 0 Å². The Morgan fingerprint density at radius 3 is 1.38 bits per heavy atom. The van der Waals surface area contributed by atoms with Gasteiger partial charge in [-0.1, -0.05) is 47.0 Å². The fourth-order valence-electron chi connectivity index (χ4n) is 3.15. The van der Waals surface area contributed by atoms with E-state index >= 15 is 0 Å². The summed E-state index contributed by atoms with van der Waals surface area (Å²) in [5, 5.41) is 7.27. The van der Waals surface area contributed by atoms with Crippen LogP contribution in [-0.2, 0) is 0 Å². The van der Waals surface area contributed by atoms with Gasteiger partial charge in [-0.25, -0.2) is 0 Å². The van der Waals surface area contributed by atoms with Crippen molar-refractivity contribution in [1.29, 1.82) is 0 Å². The van der Waals surface area contributed by atoms with Gasteiger partial charge in [0, 0.05) is 93.6 Å². The zero-order valence-corrected chi connectivity index (χ0v) is 16.2. The van der Waals surface area contributed by atoms with Crippen LogP contribution in [0.15, 0.2) is 0 Å². The summed E-state index contributed by atoms with van der Waals surface area (Å²) in [5.41, 5.74) is 0. The average Bonchev–Trinajstić information content (AvgIpc) is 2.53. The van der Waals surface area contributed by atoms with Gasteiger partial charge in [0.1, 0.15) is 0 Å². The van der Waals surface area contributed by atoms with Crippen LogP contribution in [0, 0.1) is 75.5 Å². The van der Waals surface area contributed by atoms with Gasteiger partial charge in [0.2, 0.25) is 0 Å². The molecular formula is C17H38Ar2N2. The molecule has 0 amide bonds. The molecule has 0 heterocycles. The van der Waals surface area contributed by atoms with E-state index in [-0.39, 0.29) is 75.5 Å². The molecule has 2 fully saturated rings. The summed E-state index contributed by atoms with van der Waals surface area (Å²) in [6.45, 7) is 8.00. The second-order valence-electron chi connectivity index (χ2n) is 5.34. The van der Waals surface area contributed by atoms with Crippen molar-refractivity contribution in [2.24, 2.45) is 0 Å². The van der Waals surface area contributed by atoms with Gasteiger partial charge in [0.05, 0.1) is 0 Å². The van der Waals surface area contributed by atoms with Crippen LogP contribution in [0.25, 0.3) is 0 Å². The molecule has 0 radical (unpaired) electrons. The molecule has 2 saturated carbocycles. The third-order valence-corrected chi connectivity index (χ3v) is 4.21. The molecule has 0 aromatic heterocycles. The smallest absolute Gasteiger partial charge is 0.00708 e. The molecule has 2 aliphatic rings. The van der Waals surface area contributed by atoms with Gasteiger partial charge >= 0.3 is 0 Å². The van der Waals surface area contributed by atoms with E-state index in [2.05, 4.69) is 17.7 Å². The zero-order valence-electron chi connectivity index (χ0n) is 14.8. The Bertz CT molecular complexity index is 178. The molecule has 0 aliphatic heterocycles. The molecule has 0 aromatic carbocycles. The SMILES string of the molecule is CC.CC.CNC1CCC(NC2CCCCC2)CC1.[Ar].[Ar]. The largest absolute Gasteiger partial charge is 0.317 e. The monoisotopic (exact) mass is 350 g/mol. The van der Waals surface area contributed by atoms with E-state index < -0.39 is 0 Å². The molecule has 0 saturated heterocycles. The van der Waals surface area contributed by atoms with Gasteiger partial charge in [-0.2, -0.15) is 0 Å². The van der Waals surface area contributed by atoms with Crippen LogP contribution in [-0.4, -0.2) is 25.2 Å². The molecular weight excluding hydrogens is 312 g/mol. The molecule has 132 valence electrons. The van der Waals surface area contributed by atoms with Crippen molar-refractivity contribution < 1.29 is 75.5 Å². The number of rotatable bonds is 3. The topological polar surface area (TPSA) is 24.1 Å². The molecule has 0 atom stereocenters. The maximum atomic E-state index is 3.87. The molecule has 2 N–H and O–H groups in total. The third-order valence-electron chi connectivity index (χ3n) is 4.21. The Labute approximate surface area is 194 Å². The van der Waals surface area contributed by atoms with E-state index in [9.17, 15) is 0 Å². The first-order valence-corrected chi connectivity index (χ1v) is 8.82. The van der Waals surface area contributed by atoms with Crippen LogP contribution in [0.4, 0.5) is 0 Å². The van der Waals surface area contributed by atoms with Crippen molar-refractivity contribution in [3.8, 4) is 0 Å². The van der Waals surface area contributed by atoms with Gasteiger partial charge in [-0.15, -0.1) is 0 Å². The van der Waals surface area contributed by atoms with Crippen LogP contribution < -0.4 is 10.6 Å². The first kappa shape index (κ1) is 28.3. The average molecular weight is 350 g/mol. The van der Waals surface area contributed by atoms with Crippen molar-refractivity contribution in [3.63, 3.8) is 0 Å². The van der Waals surface area contributed by atoms with Crippen LogP contribution in [0.3, 0.4) is 0 Å². The van der Waals surface area contributed by atoms with Crippen molar-refractivity contribution in [2.75, 3.05) is 7.05 Å². The fourth-order valence-corrected chi connectivity index (χ4v) is 3.15.